The summed E-state index contributed by atoms with van der Waals surface area (Å²) in [5.41, 5.74) is 0. The first-order valence-corrected chi connectivity index (χ1v) is 8.59. The van der Waals surface area contributed by atoms with E-state index in [0.29, 0.717) is 16.1 Å². The SMILES string of the molecule is COc1nc(Br)cnc1NS(=O)(=O)C1=CC(Cl)=CCC1=S. The van der Waals surface area contributed by atoms with E-state index in [2.05, 4.69) is 30.6 Å². The summed E-state index contributed by atoms with van der Waals surface area (Å²) in [6.07, 6.45) is 4.59. The van der Waals surface area contributed by atoms with Gasteiger partial charge in [-0.3, -0.25) is 4.72 Å². The topological polar surface area (TPSA) is 81.2 Å². The van der Waals surface area contributed by atoms with Gasteiger partial charge in [-0.15, -0.1) is 0 Å². The molecule has 1 aliphatic rings. The molecule has 0 amide bonds. The molecule has 0 aromatic carbocycles. The van der Waals surface area contributed by atoms with Gasteiger partial charge in [-0.2, -0.15) is 0 Å². The largest absolute Gasteiger partial charge is 0.478 e. The lowest BCUT2D eigenvalue weighted by Crippen LogP contribution is -2.22. The van der Waals surface area contributed by atoms with Gasteiger partial charge in [-0.05, 0) is 22.0 Å². The summed E-state index contributed by atoms with van der Waals surface area (Å²) in [7, 11) is -2.56. The van der Waals surface area contributed by atoms with Crippen LogP contribution in [-0.4, -0.2) is 30.4 Å². The number of halogens is 2. The summed E-state index contributed by atoms with van der Waals surface area (Å²) in [5.74, 6) is 0.00647. The minimum Gasteiger partial charge on any atom is -0.478 e. The molecule has 10 heteroatoms. The maximum atomic E-state index is 12.4. The van der Waals surface area contributed by atoms with Crippen LogP contribution in [0.25, 0.3) is 0 Å². The summed E-state index contributed by atoms with van der Waals surface area (Å²) in [6, 6.07) is 0. The van der Waals surface area contributed by atoms with E-state index < -0.39 is 10.0 Å². The Bertz CT molecular complexity index is 762. The smallest absolute Gasteiger partial charge is 0.264 e. The number of ether oxygens (including phenoxy) is 1. The fourth-order valence-corrected chi connectivity index (χ4v) is 3.68. The standard InChI is InChI=1S/C11H9BrClN3O3S2/c1-19-11-10(14-5-9(12)15-11)16-21(17,18)8-4-6(13)2-3-7(8)20/h2,4-5H,3H2,1H3,(H,14,16). The molecule has 0 saturated carbocycles. The summed E-state index contributed by atoms with van der Waals surface area (Å²) in [5, 5.41) is 0.317. The molecule has 6 nitrogen and oxygen atoms in total. The number of thiocarbonyl (C=S) groups is 1. The Kier molecular flexibility index (Phi) is 4.97. The second-order valence-electron chi connectivity index (χ2n) is 3.88. The van der Waals surface area contributed by atoms with Crippen LogP contribution >= 0.6 is 39.7 Å². The van der Waals surface area contributed by atoms with Crippen molar-refractivity contribution in [3.8, 4) is 5.88 Å². The zero-order valence-corrected chi connectivity index (χ0v) is 14.6. The monoisotopic (exact) mass is 409 g/mol. The third-order valence-electron chi connectivity index (χ3n) is 2.45. The fourth-order valence-electron chi connectivity index (χ4n) is 1.53. The highest BCUT2D eigenvalue weighted by molar-refractivity contribution is 9.10. The van der Waals surface area contributed by atoms with Crippen molar-refractivity contribution >= 4 is 60.5 Å². The number of methoxy groups -OCH3 is 1. The van der Waals surface area contributed by atoms with E-state index in [1.807, 2.05) is 0 Å². The number of nitrogens with one attached hydrogen (secondary N) is 1. The second kappa shape index (κ2) is 6.39. The van der Waals surface area contributed by atoms with Gasteiger partial charge in [0.2, 0.25) is 5.82 Å². The Morgan fingerprint density at radius 2 is 2.24 bits per heavy atom. The maximum Gasteiger partial charge on any atom is 0.264 e. The Morgan fingerprint density at radius 3 is 2.90 bits per heavy atom. The van der Waals surface area contributed by atoms with E-state index in [9.17, 15) is 8.42 Å². The molecule has 1 aromatic rings. The highest BCUT2D eigenvalue weighted by Crippen LogP contribution is 2.27. The molecule has 0 spiro atoms. The molecule has 1 N–H and O–H groups in total. The quantitative estimate of drug-likeness (QED) is 0.769. The number of nitrogens with zero attached hydrogens (tertiary/aromatic N) is 2. The number of anilines is 1. The fraction of sp³-hybridized carbons (Fsp3) is 0.182. The molecule has 0 aliphatic heterocycles. The van der Waals surface area contributed by atoms with Gasteiger partial charge in [0.05, 0.1) is 13.3 Å². The zero-order chi connectivity index (χ0) is 15.6. The van der Waals surface area contributed by atoms with E-state index in [0.717, 1.165) is 0 Å². The minimum atomic E-state index is -3.92. The summed E-state index contributed by atoms with van der Waals surface area (Å²) in [6.45, 7) is 0. The molecule has 21 heavy (non-hydrogen) atoms. The Hall–Kier alpha value is -1.03. The van der Waals surface area contributed by atoms with Gasteiger partial charge in [-0.1, -0.05) is 29.9 Å². The Labute approximate surface area is 140 Å². The first-order chi connectivity index (χ1) is 9.83. The zero-order valence-electron chi connectivity index (χ0n) is 10.6. The van der Waals surface area contributed by atoms with Crippen molar-refractivity contribution in [1.29, 1.82) is 0 Å². The average Bonchev–Trinajstić information content (AvgIpc) is 2.43. The van der Waals surface area contributed by atoms with Crippen molar-refractivity contribution in [3.05, 3.63) is 32.9 Å². The lowest BCUT2D eigenvalue weighted by molar-refractivity contribution is 0.397. The van der Waals surface area contributed by atoms with Gasteiger partial charge in [-0.25, -0.2) is 18.4 Å². The molecule has 0 fully saturated rings. The van der Waals surface area contributed by atoms with E-state index >= 15 is 0 Å². The van der Waals surface area contributed by atoms with Crippen LogP contribution in [0, 0.1) is 0 Å². The average molecular weight is 411 g/mol. The van der Waals surface area contributed by atoms with Crippen molar-refractivity contribution in [2.24, 2.45) is 0 Å². The van der Waals surface area contributed by atoms with Crippen molar-refractivity contribution < 1.29 is 13.2 Å². The van der Waals surface area contributed by atoms with Gasteiger partial charge in [0.1, 0.15) is 9.51 Å². The van der Waals surface area contributed by atoms with Crippen LogP contribution in [0.4, 0.5) is 5.82 Å². The normalized spacial score (nSPS) is 15.3. The van der Waals surface area contributed by atoms with Crippen LogP contribution in [0.15, 0.2) is 32.9 Å². The molecule has 0 bridgehead atoms. The number of hydrogen-bond donors (Lipinski definition) is 1. The predicted molar refractivity (Wildman–Crippen MR) is 88.1 cm³/mol. The number of sulfonamides is 1. The Balaban J connectivity index is 2.39. The van der Waals surface area contributed by atoms with E-state index in [1.54, 1.807) is 6.08 Å². The second-order valence-corrected chi connectivity index (χ2v) is 7.27. The van der Waals surface area contributed by atoms with Crippen LogP contribution < -0.4 is 9.46 Å². The molecular formula is C11H9BrClN3O3S2. The molecule has 1 aliphatic carbocycles. The van der Waals surface area contributed by atoms with Crippen LogP contribution in [0.1, 0.15) is 6.42 Å². The van der Waals surface area contributed by atoms with E-state index in [4.69, 9.17) is 28.6 Å². The Morgan fingerprint density at radius 1 is 1.52 bits per heavy atom. The number of hydrogen-bond acceptors (Lipinski definition) is 6. The summed E-state index contributed by atoms with van der Waals surface area (Å²) in [4.78, 5) is 8.12. The molecule has 0 unspecified atom stereocenters. The van der Waals surface area contributed by atoms with Crippen LogP contribution in [-0.2, 0) is 10.0 Å². The minimum absolute atomic E-state index is 0.0323. The van der Waals surface area contributed by atoms with Gasteiger partial charge >= 0.3 is 0 Å². The van der Waals surface area contributed by atoms with Crippen molar-refractivity contribution in [2.45, 2.75) is 6.42 Å². The van der Waals surface area contributed by atoms with Crippen LogP contribution in [0.2, 0.25) is 0 Å². The van der Waals surface area contributed by atoms with Gasteiger partial charge < -0.3 is 4.74 Å². The third kappa shape index (κ3) is 3.79. The first-order valence-electron chi connectivity index (χ1n) is 5.53. The lowest BCUT2D eigenvalue weighted by Gasteiger charge is -2.15. The molecule has 1 aromatic heterocycles. The van der Waals surface area contributed by atoms with E-state index in [-0.39, 0.29) is 21.5 Å². The first kappa shape index (κ1) is 16.3. The van der Waals surface area contributed by atoms with Crippen LogP contribution in [0.5, 0.6) is 5.88 Å². The number of allylic oxidation sites excluding steroid dienone is 4. The van der Waals surface area contributed by atoms with E-state index in [1.165, 1.54) is 19.4 Å². The molecular weight excluding hydrogens is 402 g/mol. The molecule has 0 saturated heterocycles. The predicted octanol–water partition coefficient (Wildman–Crippen LogP) is 2.77. The van der Waals surface area contributed by atoms with Crippen molar-refractivity contribution in [2.75, 3.05) is 11.8 Å². The molecule has 112 valence electrons. The third-order valence-corrected chi connectivity index (χ3v) is 5.02. The van der Waals surface area contributed by atoms with Gasteiger partial charge in [0.15, 0.2) is 0 Å². The number of aromatic nitrogens is 2. The van der Waals surface area contributed by atoms with Gasteiger partial charge in [0.25, 0.3) is 15.9 Å². The molecule has 0 radical (unpaired) electrons. The maximum absolute atomic E-state index is 12.4. The molecule has 0 atom stereocenters. The lowest BCUT2D eigenvalue weighted by atomic mass is 10.2. The summed E-state index contributed by atoms with van der Waals surface area (Å²) >= 11 is 14.0. The number of rotatable bonds is 4. The molecule has 2 rings (SSSR count). The molecule has 1 heterocycles. The van der Waals surface area contributed by atoms with Gasteiger partial charge in [0, 0.05) is 16.3 Å². The summed E-state index contributed by atoms with van der Waals surface area (Å²) < 4.78 is 32.5. The van der Waals surface area contributed by atoms with Crippen molar-refractivity contribution in [3.63, 3.8) is 0 Å². The highest BCUT2D eigenvalue weighted by atomic mass is 79.9. The highest BCUT2D eigenvalue weighted by Gasteiger charge is 2.26. The van der Waals surface area contributed by atoms with Crippen molar-refractivity contribution in [1.82, 2.24) is 9.97 Å². The van der Waals surface area contributed by atoms with Crippen LogP contribution in [0.3, 0.4) is 0 Å².